The van der Waals surface area contributed by atoms with Gasteiger partial charge in [-0.15, -0.1) is 11.3 Å². The van der Waals surface area contributed by atoms with Gasteiger partial charge in [-0.05, 0) is 32.9 Å². The van der Waals surface area contributed by atoms with E-state index in [0.717, 1.165) is 24.2 Å². The minimum Gasteiger partial charge on any atom is -0.481 e. The molecule has 0 amide bonds. The molecule has 2 heterocycles. The largest absolute Gasteiger partial charge is 0.481 e. The molecule has 2 atom stereocenters. The molecule has 9 heteroatoms. The van der Waals surface area contributed by atoms with E-state index < -0.39 is 5.97 Å². The molecule has 0 saturated carbocycles. The zero-order valence-corrected chi connectivity index (χ0v) is 14.8. The quantitative estimate of drug-likeness (QED) is 0.507. The Labute approximate surface area is 146 Å². The average Bonchev–Trinajstić information content (AvgIpc) is 2.97. The number of carboxylic acids is 1. The first-order chi connectivity index (χ1) is 11.5. The van der Waals surface area contributed by atoms with Crippen molar-refractivity contribution in [2.45, 2.75) is 38.2 Å². The van der Waals surface area contributed by atoms with E-state index in [1.165, 1.54) is 11.3 Å². The Morgan fingerprint density at radius 1 is 1.67 bits per heavy atom. The Bertz CT molecular complexity index is 620. The Balaban J connectivity index is 2.12. The van der Waals surface area contributed by atoms with Crippen molar-refractivity contribution in [3.05, 3.63) is 23.1 Å². The molecular formula is C15H23BN4O3S. The highest BCUT2D eigenvalue weighted by atomic mass is 32.1. The number of nitrogen functional groups attached to an aromatic ring is 1. The van der Waals surface area contributed by atoms with Gasteiger partial charge in [0, 0.05) is 17.9 Å². The van der Waals surface area contributed by atoms with Crippen LogP contribution in [0.25, 0.3) is 0 Å². The molecule has 1 saturated heterocycles. The first-order valence-corrected chi connectivity index (χ1v) is 8.90. The number of thiazole rings is 1. The first kappa shape index (κ1) is 18.6. The summed E-state index contributed by atoms with van der Waals surface area (Å²) in [5, 5.41) is 14.6. The molecule has 24 heavy (non-hydrogen) atoms. The van der Waals surface area contributed by atoms with E-state index in [2.05, 4.69) is 15.3 Å². The molecule has 1 aromatic heterocycles. The van der Waals surface area contributed by atoms with Crippen LogP contribution in [0.1, 0.15) is 31.9 Å². The van der Waals surface area contributed by atoms with Crippen molar-refractivity contribution >= 4 is 35.1 Å². The van der Waals surface area contributed by atoms with Crippen molar-refractivity contribution in [3.63, 3.8) is 0 Å². The molecule has 130 valence electrons. The lowest BCUT2D eigenvalue weighted by molar-refractivity contribution is -0.139. The zero-order chi connectivity index (χ0) is 17.5. The number of nitrogens with two attached hydrogens (primary N) is 1. The number of carbonyl (C=O) groups is 1. The van der Waals surface area contributed by atoms with Gasteiger partial charge in [-0.3, -0.25) is 9.79 Å². The maximum absolute atomic E-state index is 10.9. The summed E-state index contributed by atoms with van der Waals surface area (Å²) in [6.07, 6.45) is 3.26. The van der Waals surface area contributed by atoms with Gasteiger partial charge in [0.2, 0.25) is 0 Å². The molecule has 7 nitrogen and oxygen atoms in total. The third-order valence-corrected chi connectivity index (χ3v) is 4.55. The Hall–Kier alpha value is -1.71. The smallest absolute Gasteiger partial charge is 0.337 e. The lowest BCUT2D eigenvalue weighted by Crippen LogP contribution is -2.49. The summed E-state index contributed by atoms with van der Waals surface area (Å²) >= 11 is 1.38. The normalized spacial score (nSPS) is 22.2. The molecule has 1 aliphatic heterocycles. The fraction of sp³-hybridized carbons (Fsp3) is 0.533. The second-order valence-corrected chi connectivity index (χ2v) is 6.47. The number of aromatic nitrogens is 1. The molecule has 2 rings (SSSR count). The van der Waals surface area contributed by atoms with E-state index in [9.17, 15) is 4.79 Å². The predicted octanol–water partition coefficient (Wildman–Crippen LogP) is 1.40. The van der Waals surface area contributed by atoms with Crippen LogP contribution < -0.4 is 11.1 Å². The van der Waals surface area contributed by atoms with Gasteiger partial charge in [0.1, 0.15) is 5.69 Å². The molecule has 0 spiro atoms. The van der Waals surface area contributed by atoms with E-state index >= 15 is 0 Å². The highest BCUT2D eigenvalue weighted by molar-refractivity contribution is 7.13. The van der Waals surface area contributed by atoms with E-state index in [4.69, 9.17) is 15.5 Å². The number of allylic oxidation sites excluding steroid dienone is 1. The van der Waals surface area contributed by atoms with Crippen molar-refractivity contribution < 1.29 is 14.6 Å². The zero-order valence-electron chi connectivity index (χ0n) is 13.9. The molecule has 1 aromatic rings. The SMILES string of the molecule is CC/N=C(\C=C\B1OC(CC(=O)O)CCC1NC)c1csc(N)n1. The summed E-state index contributed by atoms with van der Waals surface area (Å²) in [6.45, 7) is 2.39. The molecule has 1 fully saturated rings. The Morgan fingerprint density at radius 3 is 3.04 bits per heavy atom. The summed E-state index contributed by atoms with van der Waals surface area (Å²) in [5.74, 6) is 1.24. The summed E-state index contributed by atoms with van der Waals surface area (Å²) in [5.41, 5.74) is 7.20. The number of aliphatic carboxylic acids is 1. The molecule has 0 aliphatic carbocycles. The Morgan fingerprint density at radius 2 is 2.46 bits per heavy atom. The van der Waals surface area contributed by atoms with E-state index in [-0.39, 0.29) is 25.4 Å². The van der Waals surface area contributed by atoms with Gasteiger partial charge >= 0.3 is 12.9 Å². The fourth-order valence-corrected chi connectivity index (χ4v) is 3.29. The van der Waals surface area contributed by atoms with Gasteiger partial charge in [0.25, 0.3) is 0 Å². The fourth-order valence-electron chi connectivity index (χ4n) is 2.73. The van der Waals surface area contributed by atoms with Crippen molar-refractivity contribution in [1.29, 1.82) is 0 Å². The molecule has 4 N–H and O–H groups in total. The predicted molar refractivity (Wildman–Crippen MR) is 97.7 cm³/mol. The molecule has 0 bridgehead atoms. The first-order valence-electron chi connectivity index (χ1n) is 8.02. The number of nitrogens with one attached hydrogen (secondary N) is 1. The average molecular weight is 350 g/mol. The van der Waals surface area contributed by atoms with Gasteiger partial charge in [0.05, 0.1) is 18.2 Å². The second-order valence-electron chi connectivity index (χ2n) is 5.58. The summed E-state index contributed by atoms with van der Waals surface area (Å²) < 4.78 is 5.94. The topological polar surface area (TPSA) is 110 Å². The van der Waals surface area contributed by atoms with Crippen LogP contribution in [0, 0.1) is 0 Å². The van der Waals surface area contributed by atoms with Crippen LogP contribution in [0.15, 0.2) is 22.4 Å². The third-order valence-electron chi connectivity index (χ3n) is 3.88. The minimum atomic E-state index is -0.836. The standard InChI is InChI=1S/C15H23BN4O3S/c1-3-19-11(12-9-24-15(17)20-12)6-7-16-13(18-2)5-4-10(23-16)8-14(21)22/h6-7,9-10,13,18H,3-5,8H2,1-2H3,(H2,17,20)(H,21,22)/b7-6+,19-11+. The maximum atomic E-state index is 10.9. The van der Waals surface area contributed by atoms with E-state index in [1.807, 2.05) is 31.4 Å². The van der Waals surface area contributed by atoms with Crippen LogP contribution >= 0.6 is 11.3 Å². The third kappa shape index (κ3) is 5.15. The second kappa shape index (κ2) is 8.96. The highest BCUT2D eigenvalue weighted by Gasteiger charge is 2.33. The summed E-state index contributed by atoms with van der Waals surface area (Å²) in [4.78, 5) is 19.6. The van der Waals surface area contributed by atoms with Gasteiger partial charge in [-0.1, -0.05) is 5.98 Å². The number of rotatable bonds is 7. The Kier molecular flexibility index (Phi) is 6.95. The van der Waals surface area contributed by atoms with Crippen LogP contribution in [-0.4, -0.2) is 54.3 Å². The monoisotopic (exact) mass is 350 g/mol. The van der Waals surface area contributed by atoms with Crippen molar-refractivity contribution in [3.8, 4) is 0 Å². The molecular weight excluding hydrogens is 327 g/mol. The van der Waals surface area contributed by atoms with Gasteiger partial charge in [-0.2, -0.15) is 0 Å². The van der Waals surface area contributed by atoms with E-state index in [0.29, 0.717) is 11.7 Å². The number of hydrogen-bond donors (Lipinski definition) is 3. The molecule has 2 unspecified atom stereocenters. The van der Waals surface area contributed by atoms with Crippen molar-refractivity contribution in [2.24, 2.45) is 4.99 Å². The van der Waals surface area contributed by atoms with Crippen LogP contribution in [0.5, 0.6) is 0 Å². The summed E-state index contributed by atoms with van der Waals surface area (Å²) in [7, 11) is 1.88. The number of hydrogen-bond acceptors (Lipinski definition) is 7. The van der Waals surface area contributed by atoms with Crippen LogP contribution in [0.4, 0.5) is 5.13 Å². The van der Waals surface area contributed by atoms with E-state index in [1.54, 1.807) is 0 Å². The van der Waals surface area contributed by atoms with Crippen LogP contribution in [0.3, 0.4) is 0 Å². The van der Waals surface area contributed by atoms with Crippen molar-refractivity contribution in [1.82, 2.24) is 10.3 Å². The number of aliphatic imine (C=N–C) groups is 1. The highest BCUT2D eigenvalue weighted by Crippen LogP contribution is 2.21. The lowest BCUT2D eigenvalue weighted by Gasteiger charge is -2.32. The maximum Gasteiger partial charge on any atom is 0.337 e. The molecule has 1 aliphatic rings. The number of nitrogens with zero attached hydrogens (tertiary/aromatic N) is 2. The van der Waals surface area contributed by atoms with Crippen molar-refractivity contribution in [2.75, 3.05) is 19.3 Å². The lowest BCUT2D eigenvalue weighted by atomic mass is 9.56. The molecule has 0 radical (unpaired) electrons. The number of anilines is 1. The molecule has 0 aromatic carbocycles. The van der Waals surface area contributed by atoms with Crippen LogP contribution in [-0.2, 0) is 9.45 Å². The van der Waals surface area contributed by atoms with Gasteiger partial charge < -0.3 is 20.8 Å². The van der Waals surface area contributed by atoms with Crippen LogP contribution in [0.2, 0.25) is 0 Å². The summed E-state index contributed by atoms with van der Waals surface area (Å²) in [6, 6.07) is 0. The van der Waals surface area contributed by atoms with Gasteiger partial charge in [-0.25, -0.2) is 4.98 Å². The number of carboxylic acid groups (broad SMARTS) is 1. The minimum absolute atomic E-state index is 0.0271. The van der Waals surface area contributed by atoms with Gasteiger partial charge in [0.15, 0.2) is 5.13 Å².